The molecule has 7 heterocycles. The molecule has 0 saturated carbocycles. The average Bonchev–Trinajstić information content (AvgIpc) is 1.69. The van der Waals surface area contributed by atoms with E-state index in [0.717, 1.165) is 24.5 Å². The van der Waals surface area contributed by atoms with Gasteiger partial charge in [0.15, 0.2) is 12.2 Å². The van der Waals surface area contributed by atoms with Crippen molar-refractivity contribution >= 4 is 77.4 Å². The molecule has 2 aliphatic heterocycles. The van der Waals surface area contributed by atoms with E-state index in [-0.39, 0.29) is 139 Å². The summed E-state index contributed by atoms with van der Waals surface area (Å²) < 4.78 is 110. The van der Waals surface area contributed by atoms with Crippen LogP contribution in [-0.4, -0.2) is 176 Å². The predicted octanol–water partition coefficient (Wildman–Crippen LogP) is 15.8. The maximum atomic E-state index is 14.0. The topological polar surface area (TPSA) is 537 Å². The Kier molecular flexibility index (Phi) is 34.3. The lowest BCUT2D eigenvalue weighted by atomic mass is 10.1. The van der Waals surface area contributed by atoms with Gasteiger partial charge in [0.1, 0.15) is 35.2 Å². The number of rotatable bonds is 22. The molecular formula is C104H83F5N18O21. The van der Waals surface area contributed by atoms with Gasteiger partial charge in [0, 0.05) is 95.2 Å². The number of imide groups is 6. The van der Waals surface area contributed by atoms with E-state index in [2.05, 4.69) is 88.4 Å². The number of aromatic nitrogens is 10. The average molecular weight is 2020 g/mol. The number of hydrogen-bond donors (Lipinski definition) is 6. The van der Waals surface area contributed by atoms with Gasteiger partial charge in [-0.25, -0.2) is 36.3 Å². The Morgan fingerprint density at radius 1 is 0.378 bits per heavy atom. The monoisotopic (exact) mass is 2010 g/mol. The predicted molar refractivity (Wildman–Crippen MR) is 513 cm³/mol. The van der Waals surface area contributed by atoms with Crippen LogP contribution in [0.4, 0.5) is 36.3 Å². The number of nitrogens with two attached hydrogens (primary N) is 1. The number of amides is 13. The fourth-order valence-electron chi connectivity index (χ4n) is 13.9. The molecule has 2 aliphatic rings. The Morgan fingerprint density at radius 3 is 0.959 bits per heavy atom. The number of ether oxygens (including phenoxy) is 3. The lowest BCUT2D eigenvalue weighted by molar-refractivity contribution is -0.139. The van der Waals surface area contributed by atoms with Crippen molar-refractivity contribution < 1.29 is 121 Å². The van der Waals surface area contributed by atoms with Crippen LogP contribution in [0.25, 0.3) is 114 Å². The Bertz CT molecular complexity index is 7640. The third-order valence-electron chi connectivity index (χ3n) is 21.6. The summed E-state index contributed by atoms with van der Waals surface area (Å²) in [5, 5.41) is 29.9. The van der Waals surface area contributed by atoms with Crippen LogP contribution in [0.2, 0.25) is 0 Å². The van der Waals surface area contributed by atoms with Gasteiger partial charge in [0.05, 0.1) is 34.2 Å². The van der Waals surface area contributed by atoms with Gasteiger partial charge in [-0.2, -0.15) is 24.9 Å². The first-order valence-corrected chi connectivity index (χ1v) is 44.8. The van der Waals surface area contributed by atoms with Gasteiger partial charge in [0.25, 0.3) is 70.8 Å². The summed E-state index contributed by atoms with van der Waals surface area (Å²) in [5.74, 6) is -7.86. The highest BCUT2D eigenvalue weighted by molar-refractivity contribution is 6.09. The maximum absolute atomic E-state index is 14.0. The van der Waals surface area contributed by atoms with E-state index in [9.17, 15) is 84.3 Å². The zero-order valence-electron chi connectivity index (χ0n) is 78.4. The van der Waals surface area contributed by atoms with E-state index in [1.54, 1.807) is 141 Å². The molecule has 16 aromatic rings. The van der Waals surface area contributed by atoms with Crippen molar-refractivity contribution in [3.8, 4) is 114 Å². The molecule has 18 rings (SSSR count). The number of primary amides is 1. The van der Waals surface area contributed by atoms with Gasteiger partial charge in [-0.1, -0.05) is 191 Å². The zero-order chi connectivity index (χ0) is 105. The van der Waals surface area contributed by atoms with E-state index in [1.165, 1.54) is 142 Å². The fourth-order valence-corrected chi connectivity index (χ4v) is 13.9. The largest absolute Gasteiger partial charge is 0.446 e. The molecule has 13 amide bonds. The second kappa shape index (κ2) is 48.7. The molecule has 39 nitrogen and oxygen atoms in total. The number of benzene rings is 11. The summed E-state index contributed by atoms with van der Waals surface area (Å²) in [4.78, 5) is 178. The molecule has 0 aliphatic carbocycles. The second-order valence-electron chi connectivity index (χ2n) is 32.5. The highest BCUT2D eigenvalue weighted by Gasteiger charge is 2.40. The molecule has 0 bridgehead atoms. The van der Waals surface area contributed by atoms with Gasteiger partial charge in [0.2, 0.25) is 46.8 Å². The van der Waals surface area contributed by atoms with Crippen molar-refractivity contribution in [3.05, 3.63) is 335 Å². The molecule has 0 unspecified atom stereocenters. The van der Waals surface area contributed by atoms with Crippen LogP contribution >= 0.6 is 0 Å². The van der Waals surface area contributed by atoms with E-state index < -0.39 is 113 Å². The molecule has 750 valence electrons. The minimum atomic E-state index is -1.28. The highest BCUT2D eigenvalue weighted by atomic mass is 19.1. The van der Waals surface area contributed by atoms with Gasteiger partial charge in [-0.3, -0.25) is 84.3 Å². The Morgan fingerprint density at radius 2 is 0.669 bits per heavy atom. The molecule has 0 radical (unpaired) electrons. The number of nitrogens with one attached hydrogen (secondary N) is 5. The van der Waals surface area contributed by atoms with Crippen LogP contribution in [0, 0.1) is 35.0 Å². The van der Waals surface area contributed by atoms with Crippen molar-refractivity contribution in [2.24, 2.45) is 11.7 Å². The first-order valence-electron chi connectivity index (χ1n) is 44.8. The van der Waals surface area contributed by atoms with Crippen molar-refractivity contribution in [2.75, 3.05) is 20.1 Å². The number of nitrogens with zero attached hydrogens (tertiary/aromatic N) is 12. The summed E-state index contributed by atoms with van der Waals surface area (Å²) in [7, 11) is 1.28. The Labute approximate surface area is 834 Å². The van der Waals surface area contributed by atoms with E-state index >= 15 is 0 Å². The van der Waals surface area contributed by atoms with Crippen molar-refractivity contribution in [1.29, 1.82) is 0 Å². The minimum absolute atomic E-state index is 0.0167. The summed E-state index contributed by atoms with van der Waals surface area (Å²) in [6.07, 6.45) is -4.66. The summed E-state index contributed by atoms with van der Waals surface area (Å²) >= 11 is 0. The van der Waals surface area contributed by atoms with Crippen LogP contribution in [0.1, 0.15) is 104 Å². The van der Waals surface area contributed by atoms with Crippen LogP contribution in [0.5, 0.6) is 0 Å². The van der Waals surface area contributed by atoms with E-state index in [4.69, 9.17) is 37.8 Å². The minimum Gasteiger partial charge on any atom is -0.446 e. The molecule has 148 heavy (non-hydrogen) atoms. The number of piperidine rings is 1. The lowest BCUT2D eigenvalue weighted by Gasteiger charge is -2.31. The normalized spacial score (nSPS) is 12.8. The molecule has 11 aromatic carbocycles. The lowest BCUT2D eigenvalue weighted by Crippen LogP contribution is -2.40. The first kappa shape index (κ1) is 104. The van der Waals surface area contributed by atoms with E-state index in [0.29, 0.717) is 40.7 Å². The van der Waals surface area contributed by atoms with Crippen LogP contribution in [0.15, 0.2) is 296 Å². The van der Waals surface area contributed by atoms with Gasteiger partial charge in [-0.15, -0.1) is 0 Å². The second-order valence-corrected chi connectivity index (χ2v) is 32.5. The number of carbonyl (C=O) groups excluding carboxylic acids is 13. The quantitative estimate of drug-likeness (QED) is 0.0208. The number of hydrogen-bond acceptors (Lipinski definition) is 32. The van der Waals surface area contributed by atoms with Crippen LogP contribution in [-0.2, 0) is 44.7 Å². The van der Waals surface area contributed by atoms with E-state index in [1.807, 2.05) is 28.8 Å². The van der Waals surface area contributed by atoms with Crippen molar-refractivity contribution in [3.63, 3.8) is 0 Å². The third kappa shape index (κ3) is 27.6. The fraction of sp³-hybridized carbons (Fsp3) is 0.144. The molecule has 0 spiro atoms. The van der Waals surface area contributed by atoms with Crippen molar-refractivity contribution in [2.45, 2.75) is 71.8 Å². The number of carbonyl (C=O) groups is 13. The van der Waals surface area contributed by atoms with Crippen molar-refractivity contribution in [1.82, 2.24) is 87.1 Å². The number of alkyl carbamates (subject to hydrolysis) is 3. The van der Waals surface area contributed by atoms with Gasteiger partial charge >= 0.3 is 18.3 Å². The Hall–Kier alpha value is -19.6. The summed E-state index contributed by atoms with van der Waals surface area (Å²) in [5.41, 5.74) is 10.4. The summed E-state index contributed by atoms with van der Waals surface area (Å²) in [6, 6.07) is 71.5. The number of likely N-dealkylation sites (N-methyl/N-ethyl adjacent to an activating group) is 1. The molecule has 44 heteroatoms. The number of halogens is 5. The Balaban J connectivity index is 0.000000147. The zero-order valence-corrected chi connectivity index (χ0v) is 78.4. The third-order valence-corrected chi connectivity index (χ3v) is 21.6. The SMILES string of the molecule is CC(=O)NC(=O)c1cccc(-c2noc(-c3ccccc3F)n2)c1.CC(C)C(=O)NC(=O)c1cccc(-c2noc(-c3ccccc3F)n2)c1.CN1C(=O)C[C@H](OC(=O)NC(=O)c2cccc(-c3noc(-c4ccccc4F)n3)c2)C1=O.C[C@@H](OC(=O)NC(=O)c1cccc(-c2noc(-c3ccccc3F)n2)c1)C(N)=O.O=C(NC(=O)c1cccc(-c2noc(-c3ccccc3F)n2)c1)OC1CCN(Cc2ccccc2)CC1. The molecule has 2 saturated heterocycles. The molecule has 2 atom stereocenters. The van der Waals surface area contributed by atoms with Gasteiger partial charge in [-0.05, 0) is 147 Å². The standard InChI is InChI=1S/C28H25FN4O4.C21H15FN4O6.C19H15FN4O5.C19H16FN3O3.C17H12FN3O3/c29-24-12-5-4-11-23(24)27-30-25(32-37-27)20-9-6-10-21(17-20)26(34)31-28(35)36-22-13-15-33(16-14-22)18-19-7-2-1-3-8-19;1-26-16(27)10-15(20(26)29)31-21(30)24-18(28)12-6-4-5-11(9-12)17-23-19(32-25-17)13-7-2-3-8-14(13)22;1-10(15(21)25)28-19(27)23-17(26)12-6-4-5-11(9-12)16-22-18(29-24-16)13-7-2-3-8-14(13)20;1-11(2)17(24)22-18(25)13-7-5-6-12(10-13)16-21-19(26-23-16)14-8-3-4-9-15(14)20;1-10(22)19-16(23)12-6-4-5-11(9-12)15-20-17(24-21-15)13-7-2-3-8-14(13)18/h1-12,17,22H,13-16,18H2,(H,31,34,35);2-9,15H,10H2,1H3,(H,24,28,30);2-10H,1H3,(H2,21,25)(H,23,26,27);3-11H,1-2H3,(H,22,24,25);2-9H,1H3,(H,19,22,23)/t;15-;10-;;/m.01../s1. The van der Waals surface area contributed by atoms with Gasteiger partial charge < -0.3 is 42.6 Å². The van der Waals surface area contributed by atoms with Crippen LogP contribution < -0.4 is 32.3 Å². The first-order chi connectivity index (χ1) is 71.2. The molecular weight excluding hydrogens is 1930 g/mol. The smallest absolute Gasteiger partial charge is 0.414 e. The molecule has 7 N–H and O–H groups in total. The van der Waals surface area contributed by atoms with Crippen LogP contribution in [0.3, 0.4) is 0 Å². The molecule has 5 aromatic heterocycles. The summed E-state index contributed by atoms with van der Waals surface area (Å²) in [6.45, 7) is 8.39. The number of likely N-dealkylation sites (tertiary alicyclic amines) is 2. The maximum Gasteiger partial charge on any atom is 0.414 e. The highest BCUT2D eigenvalue weighted by Crippen LogP contribution is 2.33. The molecule has 2 fully saturated rings.